The van der Waals surface area contributed by atoms with Gasteiger partial charge in [-0.15, -0.1) is 0 Å². The van der Waals surface area contributed by atoms with Gasteiger partial charge in [0.05, 0.1) is 7.11 Å². The third-order valence-electron chi connectivity index (χ3n) is 2.72. The summed E-state index contributed by atoms with van der Waals surface area (Å²) >= 11 is 0. The molecule has 20 heavy (non-hydrogen) atoms. The number of benzene rings is 1. The van der Waals surface area contributed by atoms with Crippen molar-refractivity contribution in [1.29, 1.82) is 0 Å². The molecule has 0 fully saturated rings. The maximum atomic E-state index is 13.5. The van der Waals surface area contributed by atoms with Gasteiger partial charge in [-0.1, -0.05) is 13.8 Å². The summed E-state index contributed by atoms with van der Waals surface area (Å²) in [4.78, 5) is 23.0. The van der Waals surface area contributed by atoms with Crippen molar-refractivity contribution >= 4 is 11.9 Å². The van der Waals surface area contributed by atoms with Crippen LogP contribution >= 0.6 is 0 Å². The molecule has 1 rings (SSSR count). The van der Waals surface area contributed by atoms with E-state index in [9.17, 15) is 14.0 Å². The van der Waals surface area contributed by atoms with Crippen molar-refractivity contribution in [2.24, 2.45) is 5.92 Å². The molecule has 0 saturated carbocycles. The van der Waals surface area contributed by atoms with Gasteiger partial charge >= 0.3 is 5.97 Å². The first-order valence-corrected chi connectivity index (χ1v) is 6.22. The lowest BCUT2D eigenvalue weighted by molar-refractivity contribution is -0.139. The minimum atomic E-state index is -1.11. The lowest BCUT2D eigenvalue weighted by Crippen LogP contribution is -2.41. The summed E-state index contributed by atoms with van der Waals surface area (Å²) in [6, 6.07) is 2.73. The number of carboxylic acids is 1. The van der Waals surface area contributed by atoms with Crippen molar-refractivity contribution in [3.05, 3.63) is 29.6 Å². The number of carbonyl (C=O) groups is 2. The van der Waals surface area contributed by atoms with Gasteiger partial charge in [-0.05, 0) is 30.5 Å². The Hall–Kier alpha value is -2.11. The van der Waals surface area contributed by atoms with E-state index in [1.54, 1.807) is 0 Å². The number of hydrogen-bond donors (Lipinski definition) is 2. The van der Waals surface area contributed by atoms with E-state index in [4.69, 9.17) is 9.84 Å². The molecule has 0 aliphatic carbocycles. The maximum Gasteiger partial charge on any atom is 0.326 e. The predicted octanol–water partition coefficient (Wildman–Crippen LogP) is 2.06. The number of ether oxygens (including phenoxy) is 1. The zero-order valence-electron chi connectivity index (χ0n) is 11.6. The minimum absolute atomic E-state index is 0.0264. The molecule has 0 saturated heterocycles. The number of methoxy groups -OCH3 is 1. The average molecular weight is 283 g/mol. The molecular formula is C14H18FNO4. The highest BCUT2D eigenvalue weighted by molar-refractivity contribution is 5.96. The van der Waals surface area contributed by atoms with E-state index in [0.717, 1.165) is 6.07 Å². The standard InChI is InChI=1S/C14H18FNO4/c1-8(2)6-11(14(18)19)16-13(17)9-4-5-12(20-3)10(15)7-9/h4-5,7-8,11H,6H2,1-3H3,(H,16,17)(H,18,19)/t11-/m1/s1. The molecule has 110 valence electrons. The number of carbonyl (C=O) groups excluding carboxylic acids is 1. The fraction of sp³-hybridized carbons (Fsp3) is 0.429. The van der Waals surface area contributed by atoms with Gasteiger partial charge in [0, 0.05) is 5.56 Å². The van der Waals surface area contributed by atoms with Gasteiger partial charge in [0.1, 0.15) is 6.04 Å². The number of rotatable bonds is 6. The summed E-state index contributed by atoms with van der Waals surface area (Å²) in [5, 5.41) is 11.4. The first kappa shape index (κ1) is 15.9. The molecule has 1 amide bonds. The molecule has 6 heteroatoms. The molecule has 0 radical (unpaired) electrons. The molecule has 0 aliphatic heterocycles. The average Bonchev–Trinajstić information content (AvgIpc) is 2.37. The van der Waals surface area contributed by atoms with E-state index in [1.165, 1.54) is 19.2 Å². The van der Waals surface area contributed by atoms with E-state index in [-0.39, 0.29) is 17.2 Å². The Labute approximate surface area is 116 Å². The smallest absolute Gasteiger partial charge is 0.326 e. The van der Waals surface area contributed by atoms with Crippen molar-refractivity contribution in [3.8, 4) is 5.75 Å². The molecule has 5 nitrogen and oxygen atoms in total. The van der Waals surface area contributed by atoms with Crippen LogP contribution in [0.15, 0.2) is 18.2 Å². The maximum absolute atomic E-state index is 13.5. The molecule has 2 N–H and O–H groups in total. The van der Waals surface area contributed by atoms with Gasteiger partial charge in [0.2, 0.25) is 0 Å². The summed E-state index contributed by atoms with van der Waals surface area (Å²) in [7, 11) is 1.32. The van der Waals surface area contributed by atoms with Crippen LogP contribution in [0.1, 0.15) is 30.6 Å². The molecule has 0 unspecified atom stereocenters. The highest BCUT2D eigenvalue weighted by atomic mass is 19.1. The number of halogens is 1. The molecule has 0 spiro atoms. The van der Waals surface area contributed by atoms with Gasteiger partial charge in [0.25, 0.3) is 5.91 Å². The van der Waals surface area contributed by atoms with Crippen molar-refractivity contribution in [2.75, 3.05) is 7.11 Å². The topological polar surface area (TPSA) is 75.6 Å². The highest BCUT2D eigenvalue weighted by Gasteiger charge is 2.22. The summed E-state index contributed by atoms with van der Waals surface area (Å²) in [6.45, 7) is 3.71. The van der Waals surface area contributed by atoms with E-state index in [1.807, 2.05) is 13.8 Å². The second kappa shape index (κ2) is 6.88. The Bertz CT molecular complexity index is 502. The van der Waals surface area contributed by atoms with Crippen LogP contribution in [-0.4, -0.2) is 30.1 Å². The first-order chi connectivity index (χ1) is 9.35. The SMILES string of the molecule is COc1ccc(C(=O)N[C@H](CC(C)C)C(=O)O)cc1F. The van der Waals surface area contributed by atoms with Gasteiger partial charge in [-0.2, -0.15) is 0 Å². The fourth-order valence-electron chi connectivity index (χ4n) is 1.74. The van der Waals surface area contributed by atoms with Crippen LogP contribution < -0.4 is 10.1 Å². The number of nitrogens with one attached hydrogen (secondary N) is 1. The van der Waals surface area contributed by atoms with Crippen molar-refractivity contribution < 1.29 is 23.8 Å². The third-order valence-corrected chi connectivity index (χ3v) is 2.72. The molecule has 1 aromatic carbocycles. The molecular weight excluding hydrogens is 265 g/mol. The number of carboxylic acid groups (broad SMARTS) is 1. The Balaban J connectivity index is 2.83. The predicted molar refractivity (Wildman–Crippen MR) is 71.3 cm³/mol. The Kier molecular flexibility index (Phi) is 5.49. The van der Waals surface area contributed by atoms with Gasteiger partial charge in [-0.25, -0.2) is 9.18 Å². The molecule has 0 heterocycles. The third kappa shape index (κ3) is 4.22. The van der Waals surface area contributed by atoms with Crippen LogP contribution in [0.3, 0.4) is 0 Å². The summed E-state index contributed by atoms with van der Waals surface area (Å²) in [6.07, 6.45) is 0.305. The van der Waals surface area contributed by atoms with Crippen LogP contribution in [0.25, 0.3) is 0 Å². The van der Waals surface area contributed by atoms with Crippen LogP contribution in [0.2, 0.25) is 0 Å². The van der Waals surface area contributed by atoms with Gasteiger partial charge in [-0.3, -0.25) is 4.79 Å². The minimum Gasteiger partial charge on any atom is -0.494 e. The normalized spacial score (nSPS) is 12.1. The largest absolute Gasteiger partial charge is 0.494 e. The zero-order chi connectivity index (χ0) is 15.3. The first-order valence-electron chi connectivity index (χ1n) is 6.22. The lowest BCUT2D eigenvalue weighted by atomic mass is 10.0. The Morgan fingerprint density at radius 1 is 1.40 bits per heavy atom. The summed E-state index contributed by atoms with van der Waals surface area (Å²) in [5.74, 6) is -2.26. The number of hydrogen-bond acceptors (Lipinski definition) is 3. The summed E-state index contributed by atoms with van der Waals surface area (Å²) in [5.41, 5.74) is 0.0540. The highest BCUT2D eigenvalue weighted by Crippen LogP contribution is 2.18. The Morgan fingerprint density at radius 2 is 2.05 bits per heavy atom. The fourth-order valence-corrected chi connectivity index (χ4v) is 1.74. The second-order valence-electron chi connectivity index (χ2n) is 4.84. The molecule has 0 bridgehead atoms. The quantitative estimate of drug-likeness (QED) is 0.838. The van der Waals surface area contributed by atoms with Crippen LogP contribution in [0.4, 0.5) is 4.39 Å². The van der Waals surface area contributed by atoms with Crippen molar-refractivity contribution in [3.63, 3.8) is 0 Å². The molecule has 0 aromatic heterocycles. The second-order valence-corrected chi connectivity index (χ2v) is 4.84. The van der Waals surface area contributed by atoms with E-state index in [2.05, 4.69) is 5.32 Å². The lowest BCUT2D eigenvalue weighted by Gasteiger charge is -2.16. The number of amides is 1. The molecule has 0 aliphatic rings. The number of aliphatic carboxylic acids is 1. The zero-order valence-corrected chi connectivity index (χ0v) is 11.6. The van der Waals surface area contributed by atoms with Crippen molar-refractivity contribution in [1.82, 2.24) is 5.32 Å². The molecule has 1 atom stereocenters. The molecule has 1 aromatic rings. The van der Waals surface area contributed by atoms with Crippen LogP contribution in [0.5, 0.6) is 5.75 Å². The van der Waals surface area contributed by atoms with Crippen LogP contribution in [0, 0.1) is 11.7 Å². The van der Waals surface area contributed by atoms with Gasteiger partial charge < -0.3 is 15.2 Å². The van der Waals surface area contributed by atoms with Gasteiger partial charge in [0.15, 0.2) is 11.6 Å². The van der Waals surface area contributed by atoms with E-state index >= 15 is 0 Å². The van der Waals surface area contributed by atoms with Crippen molar-refractivity contribution in [2.45, 2.75) is 26.3 Å². The van der Waals surface area contributed by atoms with E-state index in [0.29, 0.717) is 6.42 Å². The van der Waals surface area contributed by atoms with E-state index < -0.39 is 23.7 Å². The summed E-state index contributed by atoms with van der Waals surface area (Å²) < 4.78 is 18.2. The Morgan fingerprint density at radius 3 is 2.50 bits per heavy atom. The van der Waals surface area contributed by atoms with Crippen LogP contribution in [-0.2, 0) is 4.79 Å². The monoisotopic (exact) mass is 283 g/mol.